The normalized spacial score (nSPS) is 18.2. The van der Waals surface area contributed by atoms with E-state index in [0.29, 0.717) is 0 Å². The van der Waals surface area contributed by atoms with Gasteiger partial charge in [-0.3, -0.25) is 0 Å². The summed E-state index contributed by atoms with van der Waals surface area (Å²) in [6, 6.07) is 3.86. The molecule has 0 radical (unpaired) electrons. The van der Waals surface area contributed by atoms with E-state index in [2.05, 4.69) is 10.1 Å². The Hall–Kier alpha value is -1.42. The van der Waals surface area contributed by atoms with Gasteiger partial charge in [-0.05, 0) is 37.8 Å². The van der Waals surface area contributed by atoms with Gasteiger partial charge in [0.25, 0.3) is 0 Å². The molecule has 2 N–H and O–H groups in total. The highest BCUT2D eigenvalue weighted by molar-refractivity contribution is 5.37. The van der Waals surface area contributed by atoms with Crippen molar-refractivity contribution in [2.45, 2.75) is 31.2 Å². The van der Waals surface area contributed by atoms with Crippen molar-refractivity contribution in [3.8, 4) is 0 Å². The lowest BCUT2D eigenvalue weighted by Gasteiger charge is -2.06. The number of nitrogens with zero attached hydrogens (tertiary/aromatic N) is 3. The Labute approximate surface area is 88.1 Å². The van der Waals surface area contributed by atoms with Crippen molar-refractivity contribution in [1.29, 1.82) is 0 Å². The van der Waals surface area contributed by atoms with Crippen LogP contribution in [0.1, 0.15) is 25.0 Å². The average molecular weight is 202 g/mol. The molecule has 2 heterocycles. The molecule has 1 aliphatic rings. The summed E-state index contributed by atoms with van der Waals surface area (Å²) in [7, 11) is 0. The highest BCUT2D eigenvalue weighted by Gasteiger charge is 2.37. The molecule has 1 saturated carbocycles. The lowest BCUT2D eigenvalue weighted by Crippen LogP contribution is -2.22. The maximum absolute atomic E-state index is 6.06. The molecule has 2 aromatic heterocycles. The maximum Gasteiger partial charge on any atom is 0.153 e. The SMILES string of the molecule is NC1(CCc2cnc3cccnn23)CC1. The van der Waals surface area contributed by atoms with Gasteiger partial charge in [-0.2, -0.15) is 5.10 Å². The molecule has 78 valence electrons. The number of fused-ring (bicyclic) bond motifs is 1. The summed E-state index contributed by atoms with van der Waals surface area (Å²) in [5.74, 6) is 0. The minimum Gasteiger partial charge on any atom is -0.325 e. The summed E-state index contributed by atoms with van der Waals surface area (Å²) in [4.78, 5) is 4.30. The van der Waals surface area contributed by atoms with Crippen LogP contribution >= 0.6 is 0 Å². The molecule has 2 aromatic rings. The van der Waals surface area contributed by atoms with E-state index in [-0.39, 0.29) is 5.54 Å². The highest BCUT2D eigenvalue weighted by Crippen LogP contribution is 2.36. The molecule has 15 heavy (non-hydrogen) atoms. The monoisotopic (exact) mass is 202 g/mol. The van der Waals surface area contributed by atoms with E-state index < -0.39 is 0 Å². The number of nitrogens with two attached hydrogens (primary N) is 1. The van der Waals surface area contributed by atoms with Crippen molar-refractivity contribution >= 4 is 5.65 Å². The molecule has 1 aliphatic carbocycles. The Morgan fingerprint density at radius 3 is 3.13 bits per heavy atom. The van der Waals surface area contributed by atoms with E-state index in [1.54, 1.807) is 6.20 Å². The molecule has 0 unspecified atom stereocenters. The van der Waals surface area contributed by atoms with E-state index in [4.69, 9.17) is 5.73 Å². The molecular formula is C11H14N4. The minimum atomic E-state index is 0.110. The smallest absolute Gasteiger partial charge is 0.153 e. The van der Waals surface area contributed by atoms with Gasteiger partial charge in [0.2, 0.25) is 0 Å². The predicted octanol–water partition coefficient (Wildman–Crippen LogP) is 1.15. The van der Waals surface area contributed by atoms with Crippen LogP contribution in [0.15, 0.2) is 24.5 Å². The molecule has 0 aromatic carbocycles. The fraction of sp³-hybridized carbons (Fsp3) is 0.455. The van der Waals surface area contributed by atoms with E-state index in [1.165, 1.54) is 0 Å². The topological polar surface area (TPSA) is 56.2 Å². The highest BCUT2D eigenvalue weighted by atomic mass is 15.2. The molecular weight excluding hydrogens is 188 g/mol. The first kappa shape index (κ1) is 8.85. The molecule has 4 heteroatoms. The van der Waals surface area contributed by atoms with E-state index in [0.717, 1.165) is 37.0 Å². The first-order valence-electron chi connectivity index (χ1n) is 5.33. The van der Waals surface area contributed by atoms with E-state index >= 15 is 0 Å². The third-order valence-corrected chi connectivity index (χ3v) is 3.12. The quantitative estimate of drug-likeness (QED) is 0.812. The Kier molecular flexibility index (Phi) is 1.79. The molecule has 0 amide bonds. The third-order valence-electron chi connectivity index (χ3n) is 3.12. The maximum atomic E-state index is 6.06. The van der Waals surface area contributed by atoms with Crippen LogP contribution in [-0.4, -0.2) is 20.1 Å². The van der Waals surface area contributed by atoms with Gasteiger partial charge in [-0.1, -0.05) is 0 Å². The van der Waals surface area contributed by atoms with Crippen molar-refractivity contribution in [3.63, 3.8) is 0 Å². The minimum absolute atomic E-state index is 0.110. The summed E-state index contributed by atoms with van der Waals surface area (Å²) in [6.45, 7) is 0. The molecule has 0 spiro atoms. The summed E-state index contributed by atoms with van der Waals surface area (Å²) < 4.78 is 1.89. The Bertz CT molecular complexity index is 484. The summed E-state index contributed by atoms with van der Waals surface area (Å²) >= 11 is 0. The zero-order valence-corrected chi connectivity index (χ0v) is 8.56. The van der Waals surface area contributed by atoms with Crippen molar-refractivity contribution in [1.82, 2.24) is 14.6 Å². The standard InChI is InChI=1S/C11H14N4/c12-11(5-6-11)4-3-9-8-13-10-2-1-7-14-15(9)10/h1-2,7-8H,3-6,12H2. The van der Waals surface area contributed by atoms with Gasteiger partial charge in [0.05, 0.1) is 11.9 Å². The molecule has 0 bridgehead atoms. The second-order valence-electron chi connectivity index (χ2n) is 4.41. The molecule has 0 aliphatic heterocycles. The zero-order chi connectivity index (χ0) is 10.3. The number of hydrogen-bond donors (Lipinski definition) is 1. The van der Waals surface area contributed by atoms with Crippen LogP contribution < -0.4 is 5.73 Å². The van der Waals surface area contributed by atoms with Gasteiger partial charge in [0.1, 0.15) is 0 Å². The number of imidazole rings is 1. The van der Waals surface area contributed by atoms with Crippen LogP contribution in [0.25, 0.3) is 5.65 Å². The predicted molar refractivity (Wildman–Crippen MR) is 57.5 cm³/mol. The number of aromatic nitrogens is 3. The zero-order valence-electron chi connectivity index (χ0n) is 8.56. The van der Waals surface area contributed by atoms with Crippen molar-refractivity contribution in [2.75, 3.05) is 0 Å². The fourth-order valence-corrected chi connectivity index (χ4v) is 1.84. The molecule has 0 saturated heterocycles. The van der Waals surface area contributed by atoms with Gasteiger partial charge < -0.3 is 5.73 Å². The Morgan fingerprint density at radius 1 is 1.47 bits per heavy atom. The van der Waals surface area contributed by atoms with E-state index in [1.807, 2.05) is 22.8 Å². The van der Waals surface area contributed by atoms with Gasteiger partial charge in [-0.15, -0.1) is 0 Å². The fourth-order valence-electron chi connectivity index (χ4n) is 1.84. The van der Waals surface area contributed by atoms with Gasteiger partial charge in [-0.25, -0.2) is 9.50 Å². The molecule has 3 rings (SSSR count). The van der Waals surface area contributed by atoms with Crippen LogP contribution in [0.4, 0.5) is 0 Å². The Balaban J connectivity index is 1.84. The summed E-state index contributed by atoms with van der Waals surface area (Å²) in [5.41, 5.74) is 8.23. The van der Waals surface area contributed by atoms with Crippen LogP contribution in [-0.2, 0) is 6.42 Å². The van der Waals surface area contributed by atoms with Crippen LogP contribution in [0, 0.1) is 0 Å². The van der Waals surface area contributed by atoms with Gasteiger partial charge in [0, 0.05) is 11.7 Å². The largest absolute Gasteiger partial charge is 0.325 e. The van der Waals surface area contributed by atoms with Crippen LogP contribution in [0.3, 0.4) is 0 Å². The second kappa shape index (κ2) is 3.03. The number of hydrogen-bond acceptors (Lipinski definition) is 3. The van der Waals surface area contributed by atoms with Gasteiger partial charge >= 0.3 is 0 Å². The van der Waals surface area contributed by atoms with E-state index in [9.17, 15) is 0 Å². The third kappa shape index (κ3) is 1.61. The average Bonchev–Trinajstić information content (AvgIpc) is 2.86. The summed E-state index contributed by atoms with van der Waals surface area (Å²) in [6.07, 6.45) is 8.02. The number of aryl methyl sites for hydroxylation is 1. The van der Waals surface area contributed by atoms with Crippen molar-refractivity contribution in [2.24, 2.45) is 5.73 Å². The Morgan fingerprint density at radius 2 is 2.33 bits per heavy atom. The lowest BCUT2D eigenvalue weighted by molar-refractivity contribution is 0.597. The van der Waals surface area contributed by atoms with Crippen molar-refractivity contribution < 1.29 is 0 Å². The van der Waals surface area contributed by atoms with Crippen LogP contribution in [0.2, 0.25) is 0 Å². The second-order valence-corrected chi connectivity index (χ2v) is 4.41. The first-order valence-corrected chi connectivity index (χ1v) is 5.33. The van der Waals surface area contributed by atoms with Gasteiger partial charge in [0.15, 0.2) is 5.65 Å². The van der Waals surface area contributed by atoms with Crippen molar-refractivity contribution in [3.05, 3.63) is 30.2 Å². The molecule has 1 fully saturated rings. The number of rotatable bonds is 3. The first-order chi connectivity index (χ1) is 7.27. The molecule has 4 nitrogen and oxygen atoms in total. The summed E-state index contributed by atoms with van der Waals surface area (Å²) in [5, 5.41) is 4.28. The lowest BCUT2D eigenvalue weighted by atomic mass is 10.1. The molecule has 0 atom stereocenters. The van der Waals surface area contributed by atoms with Crippen LogP contribution in [0.5, 0.6) is 0 Å².